The Kier molecular flexibility index (Phi) is 2.92. The van der Waals surface area contributed by atoms with Gasteiger partial charge in [0, 0.05) is 0 Å². The van der Waals surface area contributed by atoms with E-state index < -0.39 is 13.9 Å². The maximum atomic E-state index is 12.8. The number of nitrogens with zero attached hydrogens (tertiary/aromatic N) is 1. The van der Waals surface area contributed by atoms with E-state index >= 15 is 0 Å². The zero-order chi connectivity index (χ0) is 9.31. The van der Waals surface area contributed by atoms with Gasteiger partial charge in [-0.2, -0.15) is 0 Å². The standard InChI is InChI=1S/C5H14F3N2P/c1-5(2)9-11(6,7,8)10(3)4/h5,9H,1-4H3. The third-order valence-corrected chi connectivity index (χ3v) is 3.35. The fourth-order valence-electron chi connectivity index (χ4n) is 0.524. The molecule has 0 atom stereocenters. The fourth-order valence-corrected chi connectivity index (χ4v) is 1.57. The molecule has 1 N–H and O–H groups in total. The molecule has 0 amide bonds. The number of halogens is 3. The van der Waals surface area contributed by atoms with Crippen LogP contribution in [-0.2, 0) is 0 Å². The number of nitrogens with one attached hydrogen (secondary N) is 1. The molecule has 0 unspecified atom stereocenters. The molecule has 70 valence electrons. The predicted molar refractivity (Wildman–Crippen MR) is 42.2 cm³/mol. The summed E-state index contributed by atoms with van der Waals surface area (Å²) >= 11 is 0. The molecule has 0 spiro atoms. The molecule has 0 radical (unpaired) electrons. The average molecular weight is 190 g/mol. The van der Waals surface area contributed by atoms with Crippen molar-refractivity contribution in [2.45, 2.75) is 19.9 Å². The van der Waals surface area contributed by atoms with Crippen LogP contribution in [0.25, 0.3) is 0 Å². The predicted octanol–water partition coefficient (Wildman–Crippen LogP) is 2.58. The molecule has 0 aliphatic rings. The molecule has 0 saturated carbocycles. The van der Waals surface area contributed by atoms with E-state index in [1.54, 1.807) is 5.09 Å². The summed E-state index contributed by atoms with van der Waals surface area (Å²) in [5.41, 5.74) is 0. The summed E-state index contributed by atoms with van der Waals surface area (Å²) < 4.78 is 38.6. The molecule has 0 aromatic rings. The van der Waals surface area contributed by atoms with Crippen LogP contribution in [-0.4, -0.2) is 24.8 Å². The Labute approximate surface area is 65.2 Å². The minimum atomic E-state index is -6.22. The van der Waals surface area contributed by atoms with Crippen LogP contribution in [0.2, 0.25) is 0 Å². The molecule has 0 saturated heterocycles. The molecule has 0 aromatic heterocycles. The second-order valence-corrected chi connectivity index (χ2v) is 5.51. The van der Waals surface area contributed by atoms with Crippen LogP contribution < -0.4 is 5.09 Å². The first-order valence-electron chi connectivity index (χ1n) is 3.27. The summed E-state index contributed by atoms with van der Waals surface area (Å²) in [6, 6.07) is -0.560. The fraction of sp³-hybridized carbons (Fsp3) is 1.00. The van der Waals surface area contributed by atoms with Crippen molar-refractivity contribution in [3.8, 4) is 0 Å². The Hall–Kier alpha value is 0.140. The first-order chi connectivity index (χ1) is 4.63. The van der Waals surface area contributed by atoms with Crippen LogP contribution in [0.5, 0.6) is 0 Å². The van der Waals surface area contributed by atoms with E-state index in [1.165, 1.54) is 13.8 Å². The molecule has 0 rings (SSSR count). The summed E-state index contributed by atoms with van der Waals surface area (Å²) in [5, 5.41) is 1.65. The third kappa shape index (κ3) is 3.36. The van der Waals surface area contributed by atoms with E-state index in [9.17, 15) is 12.6 Å². The zero-order valence-electron chi connectivity index (χ0n) is 7.11. The van der Waals surface area contributed by atoms with Crippen molar-refractivity contribution < 1.29 is 12.6 Å². The van der Waals surface area contributed by atoms with E-state index in [0.29, 0.717) is 4.67 Å². The van der Waals surface area contributed by atoms with Crippen LogP contribution in [0.15, 0.2) is 0 Å². The van der Waals surface area contributed by atoms with Gasteiger partial charge in [0.2, 0.25) is 0 Å². The maximum absolute atomic E-state index is 12.8. The first kappa shape index (κ1) is 11.1. The van der Waals surface area contributed by atoms with Gasteiger partial charge in [-0.3, -0.25) is 0 Å². The number of hydrogen-bond acceptors (Lipinski definition) is 2. The Morgan fingerprint density at radius 2 is 1.55 bits per heavy atom. The van der Waals surface area contributed by atoms with Crippen molar-refractivity contribution >= 4 is 7.84 Å². The SMILES string of the molecule is CC(C)NP(F)(F)(F)N(C)C. The van der Waals surface area contributed by atoms with Crippen molar-refractivity contribution in [1.82, 2.24) is 9.76 Å². The van der Waals surface area contributed by atoms with Gasteiger partial charge in [0.05, 0.1) is 0 Å². The first-order valence-corrected chi connectivity index (χ1v) is 5.13. The van der Waals surface area contributed by atoms with E-state index in [1.807, 2.05) is 0 Å². The van der Waals surface area contributed by atoms with Crippen LogP contribution in [0.3, 0.4) is 0 Å². The molecule has 11 heavy (non-hydrogen) atoms. The van der Waals surface area contributed by atoms with Gasteiger partial charge in [-0.05, 0) is 0 Å². The van der Waals surface area contributed by atoms with Crippen LogP contribution >= 0.6 is 7.84 Å². The van der Waals surface area contributed by atoms with Gasteiger partial charge in [-0.25, -0.2) is 0 Å². The van der Waals surface area contributed by atoms with E-state index in [4.69, 9.17) is 0 Å². The molecule has 0 aliphatic carbocycles. The van der Waals surface area contributed by atoms with Crippen molar-refractivity contribution in [2.75, 3.05) is 14.1 Å². The van der Waals surface area contributed by atoms with Crippen molar-refractivity contribution in [2.24, 2.45) is 0 Å². The molecule has 0 fully saturated rings. The monoisotopic (exact) mass is 190 g/mol. The zero-order valence-corrected chi connectivity index (χ0v) is 8.00. The minimum absolute atomic E-state index is 0.325. The summed E-state index contributed by atoms with van der Waals surface area (Å²) in [7, 11) is -4.18. The van der Waals surface area contributed by atoms with Gasteiger partial charge in [0.15, 0.2) is 0 Å². The Bertz CT molecular complexity index is 140. The summed E-state index contributed by atoms with van der Waals surface area (Å²) in [6.45, 7) is 2.95. The van der Waals surface area contributed by atoms with Crippen LogP contribution in [0, 0.1) is 0 Å². The Morgan fingerprint density at radius 3 is 1.64 bits per heavy atom. The average Bonchev–Trinajstić information content (AvgIpc) is 1.57. The molecule has 0 bridgehead atoms. The second-order valence-electron chi connectivity index (χ2n) is 2.90. The molecule has 2 nitrogen and oxygen atoms in total. The molecule has 0 heterocycles. The Balaban J connectivity index is 4.39. The van der Waals surface area contributed by atoms with Gasteiger partial charge < -0.3 is 0 Å². The molecule has 6 heteroatoms. The van der Waals surface area contributed by atoms with Gasteiger partial charge in [-0.15, -0.1) is 0 Å². The number of rotatable bonds is 3. The topological polar surface area (TPSA) is 15.3 Å². The normalized spacial score (nSPS) is 17.0. The molecular formula is C5H14F3N2P. The van der Waals surface area contributed by atoms with Crippen LogP contribution in [0.1, 0.15) is 13.8 Å². The molecular weight excluding hydrogens is 176 g/mol. The van der Waals surface area contributed by atoms with Gasteiger partial charge >= 0.3 is 64.2 Å². The van der Waals surface area contributed by atoms with Gasteiger partial charge in [-0.1, -0.05) is 0 Å². The van der Waals surface area contributed by atoms with E-state index in [0.717, 1.165) is 14.1 Å². The Morgan fingerprint density at radius 1 is 1.18 bits per heavy atom. The summed E-state index contributed by atoms with van der Waals surface area (Å²) in [6.07, 6.45) is 0. The van der Waals surface area contributed by atoms with Gasteiger partial charge in [0.1, 0.15) is 0 Å². The third-order valence-electron chi connectivity index (χ3n) is 1.12. The quantitative estimate of drug-likeness (QED) is 0.688. The van der Waals surface area contributed by atoms with E-state index in [2.05, 4.69) is 0 Å². The van der Waals surface area contributed by atoms with Crippen LogP contribution in [0.4, 0.5) is 12.6 Å². The van der Waals surface area contributed by atoms with Gasteiger partial charge in [0.25, 0.3) is 0 Å². The van der Waals surface area contributed by atoms with Crippen molar-refractivity contribution in [3.63, 3.8) is 0 Å². The molecule has 0 aliphatic heterocycles. The summed E-state index contributed by atoms with van der Waals surface area (Å²) in [5.74, 6) is 0. The van der Waals surface area contributed by atoms with Crippen molar-refractivity contribution in [1.29, 1.82) is 0 Å². The van der Waals surface area contributed by atoms with E-state index in [-0.39, 0.29) is 0 Å². The summed E-state index contributed by atoms with van der Waals surface area (Å²) in [4.78, 5) is 0. The van der Waals surface area contributed by atoms with Crippen molar-refractivity contribution in [3.05, 3.63) is 0 Å². The number of hydrogen-bond donors (Lipinski definition) is 1. The second kappa shape index (κ2) is 2.88. The molecule has 0 aromatic carbocycles.